The summed E-state index contributed by atoms with van der Waals surface area (Å²) in [5.41, 5.74) is 8.94. The van der Waals surface area contributed by atoms with Crippen molar-refractivity contribution in [3.63, 3.8) is 0 Å². The molecule has 0 amide bonds. The molecule has 6 nitrogen and oxygen atoms in total. The zero-order chi connectivity index (χ0) is 14.8. The minimum absolute atomic E-state index is 0.103. The van der Waals surface area contributed by atoms with Gasteiger partial charge in [-0.25, -0.2) is 4.98 Å². The Hall–Kier alpha value is -2.89. The number of para-hydroxylation sites is 2. The number of rotatable bonds is 4. The van der Waals surface area contributed by atoms with E-state index >= 15 is 0 Å². The maximum absolute atomic E-state index is 10.6. The van der Waals surface area contributed by atoms with Crippen LogP contribution in [0.5, 0.6) is 0 Å². The van der Waals surface area contributed by atoms with Gasteiger partial charge in [-0.1, -0.05) is 24.3 Å². The Morgan fingerprint density at radius 1 is 1.14 bits per heavy atom. The van der Waals surface area contributed by atoms with E-state index in [1.165, 1.54) is 12.1 Å². The van der Waals surface area contributed by atoms with Crippen molar-refractivity contribution in [2.45, 2.75) is 13.0 Å². The Kier molecular flexibility index (Phi) is 3.27. The van der Waals surface area contributed by atoms with Crippen molar-refractivity contribution >= 4 is 22.7 Å². The lowest BCUT2D eigenvalue weighted by Crippen LogP contribution is -2.05. The van der Waals surface area contributed by atoms with Crippen LogP contribution in [0.3, 0.4) is 0 Å². The molecule has 2 N–H and O–H groups in total. The number of hydrogen-bond acceptors (Lipinski definition) is 4. The van der Waals surface area contributed by atoms with E-state index in [4.69, 9.17) is 5.73 Å². The number of imidazole rings is 1. The highest BCUT2D eigenvalue weighted by atomic mass is 16.6. The third kappa shape index (κ3) is 2.55. The molecule has 0 radical (unpaired) electrons. The number of nitrogens with zero attached hydrogens (tertiary/aromatic N) is 3. The summed E-state index contributed by atoms with van der Waals surface area (Å²) in [5, 5.41) is 10.6. The number of benzene rings is 2. The van der Waals surface area contributed by atoms with Crippen molar-refractivity contribution in [2.24, 2.45) is 0 Å². The van der Waals surface area contributed by atoms with Crippen molar-refractivity contribution in [1.29, 1.82) is 0 Å². The Labute approximate surface area is 121 Å². The molecule has 3 rings (SSSR count). The Morgan fingerprint density at radius 3 is 2.57 bits per heavy atom. The second kappa shape index (κ2) is 5.24. The van der Waals surface area contributed by atoms with E-state index in [0.29, 0.717) is 12.5 Å². The highest BCUT2D eigenvalue weighted by molar-refractivity contribution is 5.78. The summed E-state index contributed by atoms with van der Waals surface area (Å²) < 4.78 is 1.96. The average Bonchev–Trinajstić information content (AvgIpc) is 2.81. The topological polar surface area (TPSA) is 87.0 Å². The van der Waals surface area contributed by atoms with E-state index in [2.05, 4.69) is 4.98 Å². The van der Waals surface area contributed by atoms with Gasteiger partial charge < -0.3 is 10.3 Å². The summed E-state index contributed by atoms with van der Waals surface area (Å²) in [6, 6.07) is 14.4. The molecular weight excluding hydrogens is 268 g/mol. The number of nitrogens with two attached hydrogens (primary N) is 1. The number of aromatic nitrogens is 2. The molecule has 2 aromatic carbocycles. The Bertz CT molecular complexity index is 793. The molecular formula is C15H14N4O2. The van der Waals surface area contributed by atoms with Gasteiger partial charge in [0.05, 0.1) is 16.0 Å². The van der Waals surface area contributed by atoms with E-state index in [9.17, 15) is 10.1 Å². The molecule has 0 saturated heterocycles. The summed E-state index contributed by atoms with van der Waals surface area (Å²) in [6.07, 6.45) is 0.739. The molecule has 0 unspecified atom stereocenters. The lowest BCUT2D eigenvalue weighted by molar-refractivity contribution is -0.384. The van der Waals surface area contributed by atoms with E-state index in [-0.39, 0.29) is 5.69 Å². The molecule has 1 heterocycles. The second-order valence-electron chi connectivity index (χ2n) is 4.78. The summed E-state index contributed by atoms with van der Waals surface area (Å²) in [4.78, 5) is 14.5. The van der Waals surface area contributed by atoms with Crippen molar-refractivity contribution in [2.75, 3.05) is 5.73 Å². The van der Waals surface area contributed by atoms with Gasteiger partial charge in [-0.05, 0) is 24.1 Å². The van der Waals surface area contributed by atoms with E-state index in [1.807, 2.05) is 28.8 Å². The molecule has 0 bridgehead atoms. The normalized spacial score (nSPS) is 10.9. The minimum Gasteiger partial charge on any atom is -0.369 e. The number of nitro benzene ring substituents is 1. The quantitative estimate of drug-likeness (QED) is 0.588. The maximum Gasteiger partial charge on any atom is 0.269 e. The predicted octanol–water partition coefficient (Wildman–Crippen LogP) is 2.77. The number of nitro groups is 1. The number of anilines is 1. The predicted molar refractivity (Wildman–Crippen MR) is 80.9 cm³/mol. The number of hydrogen-bond donors (Lipinski definition) is 1. The highest BCUT2D eigenvalue weighted by Crippen LogP contribution is 2.19. The summed E-state index contributed by atoms with van der Waals surface area (Å²) in [6.45, 7) is 0.685. The molecule has 0 aliphatic rings. The average molecular weight is 282 g/mol. The smallest absolute Gasteiger partial charge is 0.269 e. The van der Waals surface area contributed by atoms with E-state index < -0.39 is 4.92 Å². The van der Waals surface area contributed by atoms with Gasteiger partial charge in [0.2, 0.25) is 5.95 Å². The van der Waals surface area contributed by atoms with Crippen LogP contribution >= 0.6 is 0 Å². The SMILES string of the molecule is Nc1nc2ccccc2n1CCc1ccc([N+](=O)[O-])cc1. The second-order valence-corrected chi connectivity index (χ2v) is 4.78. The van der Waals surface area contributed by atoms with Gasteiger partial charge >= 0.3 is 0 Å². The van der Waals surface area contributed by atoms with Crippen LogP contribution in [0.2, 0.25) is 0 Å². The number of aryl methyl sites for hydroxylation is 2. The first-order valence-electron chi connectivity index (χ1n) is 6.59. The first-order valence-corrected chi connectivity index (χ1v) is 6.59. The lowest BCUT2D eigenvalue weighted by Gasteiger charge is -2.06. The fourth-order valence-electron chi connectivity index (χ4n) is 2.35. The molecule has 106 valence electrons. The maximum atomic E-state index is 10.6. The van der Waals surface area contributed by atoms with Crippen LogP contribution in [0.25, 0.3) is 11.0 Å². The van der Waals surface area contributed by atoms with Crippen molar-refractivity contribution in [3.05, 3.63) is 64.2 Å². The van der Waals surface area contributed by atoms with Crippen LogP contribution in [0, 0.1) is 10.1 Å². The molecule has 0 atom stereocenters. The zero-order valence-corrected chi connectivity index (χ0v) is 11.3. The highest BCUT2D eigenvalue weighted by Gasteiger charge is 2.08. The molecule has 6 heteroatoms. The number of non-ortho nitro benzene ring substituents is 1. The monoisotopic (exact) mass is 282 g/mol. The van der Waals surface area contributed by atoms with Crippen molar-refractivity contribution < 1.29 is 4.92 Å². The molecule has 21 heavy (non-hydrogen) atoms. The van der Waals surface area contributed by atoms with Crippen LogP contribution in [-0.4, -0.2) is 14.5 Å². The van der Waals surface area contributed by atoms with Crippen LogP contribution in [0.1, 0.15) is 5.56 Å². The van der Waals surface area contributed by atoms with Gasteiger partial charge in [0.15, 0.2) is 0 Å². The van der Waals surface area contributed by atoms with E-state index in [0.717, 1.165) is 23.0 Å². The molecule has 0 fully saturated rings. The van der Waals surface area contributed by atoms with Crippen LogP contribution in [-0.2, 0) is 13.0 Å². The van der Waals surface area contributed by atoms with Gasteiger partial charge in [-0.3, -0.25) is 10.1 Å². The van der Waals surface area contributed by atoms with Crippen LogP contribution in [0.15, 0.2) is 48.5 Å². The molecule has 1 aromatic heterocycles. The van der Waals surface area contributed by atoms with Gasteiger partial charge in [0, 0.05) is 18.7 Å². The van der Waals surface area contributed by atoms with Gasteiger partial charge in [-0.15, -0.1) is 0 Å². The summed E-state index contributed by atoms with van der Waals surface area (Å²) in [7, 11) is 0. The molecule has 3 aromatic rings. The zero-order valence-electron chi connectivity index (χ0n) is 11.3. The third-order valence-electron chi connectivity index (χ3n) is 3.46. The van der Waals surface area contributed by atoms with Gasteiger partial charge in [-0.2, -0.15) is 0 Å². The molecule has 0 saturated carbocycles. The molecule has 0 aliphatic heterocycles. The van der Waals surface area contributed by atoms with Gasteiger partial charge in [0.1, 0.15) is 0 Å². The van der Waals surface area contributed by atoms with Gasteiger partial charge in [0.25, 0.3) is 5.69 Å². The van der Waals surface area contributed by atoms with Crippen molar-refractivity contribution in [1.82, 2.24) is 9.55 Å². The van der Waals surface area contributed by atoms with Crippen LogP contribution < -0.4 is 5.73 Å². The first kappa shape index (κ1) is 13.1. The fourth-order valence-corrected chi connectivity index (χ4v) is 2.35. The first-order chi connectivity index (χ1) is 10.1. The molecule has 0 spiro atoms. The largest absolute Gasteiger partial charge is 0.369 e. The number of nitrogen functional groups attached to an aromatic ring is 1. The third-order valence-corrected chi connectivity index (χ3v) is 3.46. The van der Waals surface area contributed by atoms with Crippen LogP contribution in [0.4, 0.5) is 11.6 Å². The fraction of sp³-hybridized carbons (Fsp3) is 0.133. The summed E-state index contributed by atoms with van der Waals surface area (Å²) in [5.74, 6) is 0.484. The van der Waals surface area contributed by atoms with E-state index in [1.54, 1.807) is 12.1 Å². The number of fused-ring (bicyclic) bond motifs is 1. The Balaban J connectivity index is 1.80. The Morgan fingerprint density at radius 2 is 1.86 bits per heavy atom. The van der Waals surface area contributed by atoms with Crippen molar-refractivity contribution in [3.8, 4) is 0 Å². The minimum atomic E-state index is -0.398. The lowest BCUT2D eigenvalue weighted by atomic mass is 10.1. The standard InChI is InChI=1S/C15H14N4O2/c16-15-17-13-3-1-2-4-14(13)18(15)10-9-11-5-7-12(8-6-11)19(20)21/h1-8H,9-10H2,(H2,16,17). The summed E-state index contributed by atoms with van der Waals surface area (Å²) >= 11 is 0. The molecule has 0 aliphatic carbocycles.